The van der Waals surface area contributed by atoms with Gasteiger partial charge in [-0.2, -0.15) is 8.42 Å². The quantitative estimate of drug-likeness (QED) is 0.573. The van der Waals surface area contributed by atoms with Crippen molar-refractivity contribution in [2.75, 3.05) is 0 Å². The van der Waals surface area contributed by atoms with Crippen LogP contribution in [0.2, 0.25) is 0 Å². The molecule has 0 spiro atoms. The van der Waals surface area contributed by atoms with E-state index in [9.17, 15) is 17.1 Å². The van der Waals surface area contributed by atoms with Crippen LogP contribution in [0.1, 0.15) is 5.56 Å². The van der Waals surface area contributed by atoms with Crippen LogP contribution in [0.25, 0.3) is 0 Å². The highest BCUT2D eigenvalue weighted by Crippen LogP contribution is 2.15. The van der Waals surface area contributed by atoms with Crippen molar-refractivity contribution in [2.24, 2.45) is 0 Å². The number of pyridine rings is 1. The molecule has 2 aromatic rings. The van der Waals surface area contributed by atoms with Gasteiger partial charge in [0.25, 0.3) is 5.56 Å². The van der Waals surface area contributed by atoms with E-state index in [1.54, 1.807) is 24.4 Å². The summed E-state index contributed by atoms with van der Waals surface area (Å²) in [7, 11) is -5.02. The fourth-order valence-corrected chi connectivity index (χ4v) is 2.34. The second kappa shape index (κ2) is 5.92. The lowest BCUT2D eigenvalue weighted by molar-refractivity contribution is 0.440. The van der Waals surface area contributed by atoms with E-state index in [0.717, 1.165) is 9.13 Å². The minimum Gasteiger partial charge on any atom is -0.358 e. The number of rotatable bonds is 4. The highest BCUT2D eigenvalue weighted by molar-refractivity contribution is 14.1. The van der Waals surface area contributed by atoms with Gasteiger partial charge in [-0.05, 0) is 46.4 Å². The van der Waals surface area contributed by atoms with E-state index >= 15 is 0 Å². The van der Waals surface area contributed by atoms with Gasteiger partial charge in [-0.1, -0.05) is 16.0 Å². The molecule has 0 atom stereocenters. The average molecular weight is 409 g/mol. The maximum atomic E-state index is 12.3. The van der Waals surface area contributed by atoms with Gasteiger partial charge in [0.05, 0.1) is 6.54 Å². The molecular weight excluding hydrogens is 400 g/mol. The van der Waals surface area contributed by atoms with Crippen LogP contribution in [0.3, 0.4) is 0 Å². The molecule has 20 heavy (non-hydrogen) atoms. The number of hydrogen-bond donors (Lipinski definition) is 0. The highest BCUT2D eigenvalue weighted by atomic mass is 127. The van der Waals surface area contributed by atoms with Gasteiger partial charge in [-0.3, -0.25) is 4.79 Å². The number of nitrogens with zero attached hydrogens (tertiary/aromatic N) is 1. The van der Waals surface area contributed by atoms with Crippen LogP contribution in [-0.2, 0) is 17.0 Å². The summed E-state index contributed by atoms with van der Waals surface area (Å²) in [5.41, 5.74) is 0.625. The standard InChI is InChI=1S/C12H9FINO4S/c13-20(17,18)19-11-3-1-9(2-4-11)8-15-6-5-10(14)7-12(15)16/h1-7H,8H2. The Balaban J connectivity index is 2.17. The molecule has 106 valence electrons. The minimum absolute atomic E-state index is 0.119. The van der Waals surface area contributed by atoms with Crippen molar-refractivity contribution in [1.29, 1.82) is 0 Å². The van der Waals surface area contributed by atoms with Crippen LogP contribution in [0.15, 0.2) is 47.4 Å². The molecule has 0 bridgehead atoms. The van der Waals surface area contributed by atoms with E-state index in [-0.39, 0.29) is 11.3 Å². The second-order valence-corrected chi connectivity index (χ2v) is 6.13. The molecule has 0 aliphatic heterocycles. The van der Waals surface area contributed by atoms with Gasteiger partial charge in [-0.15, -0.1) is 0 Å². The molecule has 0 unspecified atom stereocenters. The van der Waals surface area contributed by atoms with Crippen LogP contribution in [0.5, 0.6) is 5.75 Å². The van der Waals surface area contributed by atoms with Crippen molar-refractivity contribution in [3.63, 3.8) is 0 Å². The molecule has 0 aliphatic carbocycles. The first-order valence-corrected chi connectivity index (χ1v) is 7.81. The van der Waals surface area contributed by atoms with E-state index in [2.05, 4.69) is 4.18 Å². The van der Waals surface area contributed by atoms with Crippen LogP contribution in [0.4, 0.5) is 3.89 Å². The SMILES string of the molecule is O=c1cc(I)ccn1Cc1ccc(OS(=O)(=O)F)cc1. The lowest BCUT2D eigenvalue weighted by atomic mass is 10.2. The molecule has 0 aliphatic rings. The van der Waals surface area contributed by atoms with E-state index in [4.69, 9.17) is 0 Å². The van der Waals surface area contributed by atoms with Crippen LogP contribution < -0.4 is 9.74 Å². The van der Waals surface area contributed by atoms with Crippen molar-refractivity contribution >= 4 is 33.1 Å². The topological polar surface area (TPSA) is 65.4 Å². The van der Waals surface area contributed by atoms with Gasteiger partial charge in [0.2, 0.25) is 0 Å². The summed E-state index contributed by atoms with van der Waals surface area (Å²) in [6.07, 6.45) is 1.67. The number of hydrogen-bond acceptors (Lipinski definition) is 4. The van der Waals surface area contributed by atoms with Gasteiger partial charge in [0.1, 0.15) is 5.75 Å². The summed E-state index contributed by atoms with van der Waals surface area (Å²) in [6.45, 7) is 0.332. The Morgan fingerprint density at radius 1 is 1.20 bits per heavy atom. The fraction of sp³-hybridized carbons (Fsp3) is 0.0833. The van der Waals surface area contributed by atoms with Crippen molar-refractivity contribution in [1.82, 2.24) is 4.57 Å². The summed E-state index contributed by atoms with van der Waals surface area (Å²) < 4.78 is 39.4. The predicted molar refractivity (Wildman–Crippen MR) is 79.6 cm³/mol. The summed E-state index contributed by atoms with van der Waals surface area (Å²) in [6, 6.07) is 9.08. The Morgan fingerprint density at radius 2 is 1.85 bits per heavy atom. The van der Waals surface area contributed by atoms with Gasteiger partial charge in [-0.25, -0.2) is 0 Å². The molecule has 0 fully saturated rings. The van der Waals surface area contributed by atoms with E-state index in [0.29, 0.717) is 6.54 Å². The molecular formula is C12H9FINO4S. The molecule has 5 nitrogen and oxygen atoms in total. The van der Waals surface area contributed by atoms with Crippen molar-refractivity contribution in [3.8, 4) is 5.75 Å². The normalized spacial score (nSPS) is 11.3. The monoisotopic (exact) mass is 409 g/mol. The van der Waals surface area contributed by atoms with Crippen LogP contribution >= 0.6 is 22.6 Å². The van der Waals surface area contributed by atoms with Crippen LogP contribution in [-0.4, -0.2) is 13.0 Å². The Morgan fingerprint density at radius 3 is 2.40 bits per heavy atom. The maximum absolute atomic E-state index is 12.3. The molecule has 0 saturated carbocycles. The Bertz CT molecular complexity index is 771. The molecule has 0 amide bonds. The number of aromatic nitrogens is 1. The van der Waals surface area contributed by atoms with Crippen LogP contribution in [0, 0.1) is 3.57 Å². The summed E-state index contributed by atoms with van der Waals surface area (Å²) in [4.78, 5) is 11.7. The zero-order valence-electron chi connectivity index (χ0n) is 9.99. The van der Waals surface area contributed by atoms with E-state index < -0.39 is 10.5 Å². The highest BCUT2D eigenvalue weighted by Gasteiger charge is 2.09. The minimum atomic E-state index is -5.02. The summed E-state index contributed by atoms with van der Waals surface area (Å²) in [5.74, 6) is -0.119. The molecule has 2 rings (SSSR count). The first-order valence-electron chi connectivity index (χ1n) is 5.42. The van der Waals surface area contributed by atoms with Gasteiger partial charge in [0, 0.05) is 15.8 Å². The fourth-order valence-electron chi connectivity index (χ4n) is 1.58. The van der Waals surface area contributed by atoms with Crippen molar-refractivity contribution < 1.29 is 16.5 Å². The van der Waals surface area contributed by atoms with Gasteiger partial charge >= 0.3 is 10.5 Å². The Kier molecular flexibility index (Phi) is 4.43. The van der Waals surface area contributed by atoms with Crippen molar-refractivity contribution in [3.05, 3.63) is 62.1 Å². The lowest BCUT2D eigenvalue weighted by Gasteiger charge is -2.06. The summed E-state index contributed by atoms with van der Waals surface area (Å²) >= 11 is 2.05. The Hall–Kier alpha value is -1.42. The average Bonchev–Trinajstić information content (AvgIpc) is 2.33. The van der Waals surface area contributed by atoms with Gasteiger partial charge in [0.15, 0.2) is 0 Å². The largest absolute Gasteiger partial charge is 0.488 e. The molecule has 1 aromatic carbocycles. The number of halogens is 2. The smallest absolute Gasteiger partial charge is 0.358 e. The van der Waals surface area contributed by atoms with E-state index in [1.807, 2.05) is 22.6 Å². The van der Waals surface area contributed by atoms with Crippen molar-refractivity contribution in [2.45, 2.75) is 6.54 Å². The predicted octanol–water partition coefficient (Wildman–Crippen LogP) is 2.09. The van der Waals surface area contributed by atoms with E-state index in [1.165, 1.54) is 22.8 Å². The second-order valence-electron chi connectivity index (χ2n) is 3.93. The zero-order chi connectivity index (χ0) is 14.8. The third-order valence-electron chi connectivity index (χ3n) is 2.43. The first-order chi connectivity index (χ1) is 9.33. The number of benzene rings is 1. The molecule has 1 aromatic heterocycles. The first kappa shape index (κ1) is 15.0. The van der Waals surface area contributed by atoms with Gasteiger partial charge < -0.3 is 8.75 Å². The molecule has 1 heterocycles. The lowest BCUT2D eigenvalue weighted by Crippen LogP contribution is -2.19. The molecule has 0 N–H and O–H groups in total. The maximum Gasteiger partial charge on any atom is 0.488 e. The Labute approximate surface area is 128 Å². The third-order valence-corrected chi connectivity index (χ3v) is 3.49. The molecule has 8 heteroatoms. The molecule has 0 saturated heterocycles. The third kappa shape index (κ3) is 4.30. The zero-order valence-corrected chi connectivity index (χ0v) is 13.0. The summed E-state index contributed by atoms with van der Waals surface area (Å²) in [5, 5.41) is 0. The molecule has 0 radical (unpaired) electrons.